The zero-order valence-electron chi connectivity index (χ0n) is 17.4. The van der Waals surface area contributed by atoms with Gasteiger partial charge in [-0.2, -0.15) is 0 Å². The number of hydrogen-bond donors (Lipinski definition) is 0. The minimum absolute atomic E-state index is 0.109. The lowest BCUT2D eigenvalue weighted by molar-refractivity contribution is -0.384. The molecule has 2 saturated heterocycles. The highest BCUT2D eigenvalue weighted by Crippen LogP contribution is 2.48. The second-order valence-electron chi connectivity index (χ2n) is 7.95. The van der Waals surface area contributed by atoms with Gasteiger partial charge in [0.25, 0.3) is 11.6 Å². The Kier molecular flexibility index (Phi) is 4.90. The molecule has 0 unspecified atom stereocenters. The van der Waals surface area contributed by atoms with Crippen LogP contribution in [-0.2, 0) is 14.4 Å². The fraction of sp³-hybridized carbons (Fsp3) is 0.167. The van der Waals surface area contributed by atoms with Crippen LogP contribution in [0, 0.1) is 28.8 Å². The molecule has 33 heavy (non-hydrogen) atoms. The summed E-state index contributed by atoms with van der Waals surface area (Å²) in [7, 11) is 0. The van der Waals surface area contributed by atoms with Crippen molar-refractivity contribution in [2.45, 2.75) is 19.1 Å². The van der Waals surface area contributed by atoms with Gasteiger partial charge in [-0.1, -0.05) is 36.4 Å². The molecule has 8 nitrogen and oxygen atoms in total. The number of nitro groups is 1. The second-order valence-corrected chi connectivity index (χ2v) is 7.95. The molecule has 3 aromatic carbocycles. The Morgan fingerprint density at radius 2 is 1.70 bits per heavy atom. The number of para-hydroxylation sites is 1. The van der Waals surface area contributed by atoms with Gasteiger partial charge in [-0.25, -0.2) is 14.4 Å². The molecule has 0 bridgehead atoms. The Morgan fingerprint density at radius 1 is 0.970 bits per heavy atom. The van der Waals surface area contributed by atoms with Gasteiger partial charge in [-0.3, -0.25) is 24.5 Å². The van der Waals surface area contributed by atoms with Gasteiger partial charge in [0, 0.05) is 12.1 Å². The van der Waals surface area contributed by atoms with Crippen LogP contribution in [0.4, 0.5) is 21.5 Å². The van der Waals surface area contributed by atoms with Gasteiger partial charge in [0.05, 0.1) is 22.3 Å². The van der Waals surface area contributed by atoms with Crippen LogP contribution >= 0.6 is 0 Å². The number of aryl methyl sites for hydroxylation is 1. The zero-order chi connectivity index (χ0) is 23.3. The number of halogens is 1. The molecule has 3 atom stereocenters. The van der Waals surface area contributed by atoms with Crippen LogP contribution in [0.2, 0.25) is 0 Å². The predicted molar refractivity (Wildman–Crippen MR) is 117 cm³/mol. The molecule has 2 amide bonds. The van der Waals surface area contributed by atoms with Gasteiger partial charge in [0.2, 0.25) is 5.91 Å². The van der Waals surface area contributed by atoms with Crippen molar-refractivity contribution in [3.63, 3.8) is 0 Å². The summed E-state index contributed by atoms with van der Waals surface area (Å²) in [4.78, 5) is 44.4. The number of nitrogens with zero attached hydrogens (tertiary/aromatic N) is 3. The predicted octanol–water partition coefficient (Wildman–Crippen LogP) is 4.09. The lowest BCUT2D eigenvalue weighted by atomic mass is 9.90. The van der Waals surface area contributed by atoms with Gasteiger partial charge in [0.15, 0.2) is 6.10 Å². The number of anilines is 2. The third-order valence-corrected chi connectivity index (χ3v) is 5.98. The Bertz CT molecular complexity index is 1280. The van der Waals surface area contributed by atoms with Crippen molar-refractivity contribution in [1.82, 2.24) is 0 Å². The Hall–Kier alpha value is -4.11. The average molecular weight is 447 g/mol. The smallest absolute Gasteiger partial charge is 0.271 e. The van der Waals surface area contributed by atoms with E-state index in [1.807, 2.05) is 31.2 Å². The third kappa shape index (κ3) is 3.33. The third-order valence-electron chi connectivity index (χ3n) is 5.98. The summed E-state index contributed by atoms with van der Waals surface area (Å²) >= 11 is 0. The molecule has 2 fully saturated rings. The molecule has 9 heteroatoms. The highest BCUT2D eigenvalue weighted by atomic mass is 19.1. The first-order chi connectivity index (χ1) is 15.9. The van der Waals surface area contributed by atoms with Crippen LogP contribution < -0.4 is 9.96 Å². The summed E-state index contributed by atoms with van der Waals surface area (Å²) in [6.07, 6.45) is -1.12. The molecule has 0 aromatic heterocycles. The molecular weight excluding hydrogens is 429 g/mol. The van der Waals surface area contributed by atoms with E-state index in [4.69, 9.17) is 4.84 Å². The first kappa shape index (κ1) is 20.8. The van der Waals surface area contributed by atoms with Gasteiger partial charge < -0.3 is 0 Å². The Labute approximate surface area is 187 Å². The van der Waals surface area contributed by atoms with Crippen LogP contribution in [0.15, 0.2) is 72.8 Å². The summed E-state index contributed by atoms with van der Waals surface area (Å²) in [5, 5.41) is 12.7. The van der Waals surface area contributed by atoms with Crippen LogP contribution in [0.3, 0.4) is 0 Å². The van der Waals surface area contributed by atoms with Gasteiger partial charge in [-0.15, -0.1) is 0 Å². The number of carbonyl (C=O) groups is 2. The minimum atomic E-state index is -1.12. The summed E-state index contributed by atoms with van der Waals surface area (Å²) in [5.41, 5.74) is 2.04. The normalized spacial score (nSPS) is 22.1. The number of benzene rings is 3. The van der Waals surface area contributed by atoms with Crippen molar-refractivity contribution < 1.29 is 23.7 Å². The average Bonchev–Trinajstić information content (AvgIpc) is 3.30. The van der Waals surface area contributed by atoms with Gasteiger partial charge in [-0.05, 0) is 42.3 Å². The topological polar surface area (TPSA) is 93.0 Å². The van der Waals surface area contributed by atoms with Crippen LogP contribution in [0.1, 0.15) is 17.2 Å². The van der Waals surface area contributed by atoms with E-state index < -0.39 is 40.6 Å². The van der Waals surface area contributed by atoms with E-state index in [1.54, 1.807) is 17.2 Å². The van der Waals surface area contributed by atoms with E-state index in [0.717, 1.165) is 10.5 Å². The number of non-ortho nitro benzene ring substituents is 1. The lowest BCUT2D eigenvalue weighted by Crippen LogP contribution is -2.37. The molecule has 3 aromatic rings. The summed E-state index contributed by atoms with van der Waals surface area (Å²) in [5.74, 6) is -2.48. The van der Waals surface area contributed by atoms with Crippen molar-refractivity contribution in [1.29, 1.82) is 0 Å². The molecular formula is C24H18FN3O5. The maximum absolute atomic E-state index is 13.6. The summed E-state index contributed by atoms with van der Waals surface area (Å²) < 4.78 is 13.6. The van der Waals surface area contributed by atoms with Crippen molar-refractivity contribution in [2.75, 3.05) is 9.96 Å². The minimum Gasteiger partial charge on any atom is -0.273 e. The monoisotopic (exact) mass is 447 g/mol. The highest BCUT2D eigenvalue weighted by Gasteiger charge is 2.60. The Morgan fingerprint density at radius 3 is 2.39 bits per heavy atom. The molecule has 5 rings (SSSR count). The number of imide groups is 1. The molecule has 2 aliphatic rings. The fourth-order valence-corrected chi connectivity index (χ4v) is 4.43. The Balaban J connectivity index is 1.59. The maximum atomic E-state index is 13.6. The molecule has 2 heterocycles. The van der Waals surface area contributed by atoms with Gasteiger partial charge in [0.1, 0.15) is 11.7 Å². The van der Waals surface area contributed by atoms with E-state index >= 15 is 0 Å². The number of hydrogen-bond acceptors (Lipinski definition) is 6. The molecule has 0 N–H and O–H groups in total. The molecule has 0 radical (unpaired) electrons. The number of nitro benzene ring substituents is 1. The molecule has 0 saturated carbocycles. The molecule has 0 aliphatic carbocycles. The van der Waals surface area contributed by atoms with E-state index in [1.165, 1.54) is 36.4 Å². The van der Waals surface area contributed by atoms with E-state index in [0.29, 0.717) is 11.3 Å². The summed E-state index contributed by atoms with van der Waals surface area (Å²) in [6, 6.07) is 17.7. The maximum Gasteiger partial charge on any atom is 0.271 e. The largest absolute Gasteiger partial charge is 0.273 e. The van der Waals surface area contributed by atoms with Crippen LogP contribution in [-0.4, -0.2) is 22.8 Å². The fourth-order valence-electron chi connectivity index (χ4n) is 4.43. The van der Waals surface area contributed by atoms with Crippen LogP contribution in [0.5, 0.6) is 0 Å². The van der Waals surface area contributed by atoms with E-state index in [9.17, 15) is 24.1 Å². The van der Waals surface area contributed by atoms with Crippen molar-refractivity contribution in [2.24, 2.45) is 5.92 Å². The lowest BCUT2D eigenvalue weighted by Gasteiger charge is -2.29. The molecule has 2 aliphatic heterocycles. The highest BCUT2D eigenvalue weighted by molar-refractivity contribution is 6.24. The molecule has 166 valence electrons. The van der Waals surface area contributed by atoms with Crippen LogP contribution in [0.25, 0.3) is 0 Å². The SMILES string of the molecule is Cc1ccccc1N1O[C@@H]2C(=O)N(c3cccc([N+](=O)[O-])c3)C(=O)[C@H]2[C@@H]1c1ccc(F)cc1. The number of carbonyl (C=O) groups excluding carboxylic acids is 2. The van der Waals surface area contributed by atoms with Gasteiger partial charge >= 0.3 is 0 Å². The van der Waals surface area contributed by atoms with E-state index in [2.05, 4.69) is 0 Å². The number of amides is 2. The first-order valence-electron chi connectivity index (χ1n) is 10.3. The summed E-state index contributed by atoms with van der Waals surface area (Å²) in [6.45, 7) is 1.88. The van der Waals surface area contributed by atoms with E-state index in [-0.39, 0.29) is 11.4 Å². The molecule has 0 spiro atoms. The second kappa shape index (κ2) is 7.79. The van der Waals surface area contributed by atoms with Crippen molar-refractivity contribution in [3.8, 4) is 0 Å². The number of hydroxylamine groups is 1. The van der Waals surface area contributed by atoms with Crippen molar-refractivity contribution >= 4 is 28.9 Å². The zero-order valence-corrected chi connectivity index (χ0v) is 17.4. The quantitative estimate of drug-likeness (QED) is 0.340. The van der Waals surface area contributed by atoms with Crippen molar-refractivity contribution in [3.05, 3.63) is 99.9 Å². The first-order valence-corrected chi connectivity index (χ1v) is 10.3. The number of rotatable bonds is 4. The number of fused-ring (bicyclic) bond motifs is 1. The standard InChI is InChI=1S/C24H18FN3O5/c1-14-5-2-3-8-19(14)27-21(15-9-11-16(25)12-10-15)20-22(33-27)24(30)26(23(20)29)17-6-4-7-18(13-17)28(31)32/h2-13,20-22H,1H3/t20-,21-,22-/m0/s1.